The summed E-state index contributed by atoms with van der Waals surface area (Å²) < 4.78 is 30.5. The zero-order valence-electron chi connectivity index (χ0n) is 16.8. The van der Waals surface area contributed by atoms with Gasteiger partial charge in [-0.05, 0) is 54.6 Å². The van der Waals surface area contributed by atoms with Crippen molar-refractivity contribution < 1.29 is 13.6 Å². The molecule has 0 saturated carbocycles. The van der Waals surface area contributed by atoms with Gasteiger partial charge in [0.25, 0.3) is 0 Å². The number of amides is 2. The maximum atomic E-state index is 15.3. The van der Waals surface area contributed by atoms with E-state index in [9.17, 15) is 4.79 Å². The Bertz CT molecular complexity index is 1060. The topological polar surface area (TPSA) is 44.4 Å². The summed E-state index contributed by atoms with van der Waals surface area (Å²) in [4.78, 5) is 15.3. The Morgan fingerprint density at radius 3 is 2.87 bits per heavy atom. The third-order valence-corrected chi connectivity index (χ3v) is 7.20. The summed E-state index contributed by atoms with van der Waals surface area (Å²) in [6.07, 6.45) is 10.2. The summed E-state index contributed by atoms with van der Waals surface area (Å²) in [5.74, 6) is -2.21. The molecule has 0 spiro atoms. The number of hydrogen-bond donors (Lipinski definition) is 2. The molecule has 1 aromatic heterocycles. The van der Waals surface area contributed by atoms with Gasteiger partial charge in [0.2, 0.25) is 0 Å². The van der Waals surface area contributed by atoms with Gasteiger partial charge in [-0.15, -0.1) is 11.3 Å². The van der Waals surface area contributed by atoms with Crippen molar-refractivity contribution in [3.05, 3.63) is 81.0 Å². The molecule has 4 unspecified atom stereocenters. The minimum Gasteiger partial charge on any atom is -0.365 e. The number of halogens is 2. The van der Waals surface area contributed by atoms with Gasteiger partial charge >= 0.3 is 6.03 Å². The first-order valence-corrected chi connectivity index (χ1v) is 11.1. The summed E-state index contributed by atoms with van der Waals surface area (Å²) in [5.41, 5.74) is 2.97. The van der Waals surface area contributed by atoms with Crippen molar-refractivity contribution in [3.63, 3.8) is 0 Å². The van der Waals surface area contributed by atoms with Crippen LogP contribution in [0.2, 0.25) is 0 Å². The highest BCUT2D eigenvalue weighted by Crippen LogP contribution is 2.45. The van der Waals surface area contributed by atoms with Gasteiger partial charge in [-0.2, -0.15) is 0 Å². The van der Waals surface area contributed by atoms with Crippen molar-refractivity contribution in [1.82, 2.24) is 15.5 Å². The SMILES string of the molecule is Cc1cc(C2C(F)=C(F)C(C3CNC(=O)N3C3=CC=C4NC=CC4C3)=CC2C)cs1. The molecule has 0 radical (unpaired) electrons. The van der Waals surface area contributed by atoms with Crippen molar-refractivity contribution in [2.24, 2.45) is 11.8 Å². The molecule has 4 atom stereocenters. The molecule has 4 aliphatic rings. The molecule has 1 saturated heterocycles. The number of fused-ring (bicyclic) bond motifs is 1. The number of nitrogens with zero attached hydrogens (tertiary/aromatic N) is 1. The van der Waals surface area contributed by atoms with Crippen molar-refractivity contribution in [3.8, 4) is 0 Å². The maximum absolute atomic E-state index is 15.3. The zero-order valence-corrected chi connectivity index (χ0v) is 17.6. The molecule has 1 aromatic rings. The van der Waals surface area contributed by atoms with Crippen molar-refractivity contribution in [1.29, 1.82) is 0 Å². The Morgan fingerprint density at radius 2 is 2.10 bits per heavy atom. The fraction of sp³-hybridized carbons (Fsp3) is 0.348. The molecule has 2 aliphatic carbocycles. The molecule has 0 bridgehead atoms. The first-order valence-electron chi connectivity index (χ1n) is 10.2. The highest BCUT2D eigenvalue weighted by Gasteiger charge is 2.42. The first-order chi connectivity index (χ1) is 14.4. The number of carbonyl (C=O) groups is 1. The van der Waals surface area contributed by atoms with E-state index in [4.69, 9.17) is 0 Å². The standard InChI is InChI=1S/C23H23F2N3OS/c1-12-7-17(21(24)22(25)20(12)15-8-13(2)30-11-15)19-10-27-23(29)28(19)16-3-4-18-14(9-16)5-6-26-18/h3-8,11-12,14,19-20,26H,9-10H2,1-2H3,(H,27,29). The van der Waals surface area contributed by atoms with E-state index in [0.717, 1.165) is 21.8 Å². The van der Waals surface area contributed by atoms with Crippen LogP contribution < -0.4 is 10.6 Å². The van der Waals surface area contributed by atoms with Crippen LogP contribution in [0, 0.1) is 18.8 Å². The van der Waals surface area contributed by atoms with E-state index in [-0.39, 0.29) is 30.0 Å². The summed E-state index contributed by atoms with van der Waals surface area (Å²) in [5, 5.41) is 7.89. The Kier molecular flexibility index (Phi) is 4.65. The van der Waals surface area contributed by atoms with Gasteiger partial charge < -0.3 is 10.6 Å². The molecule has 2 aliphatic heterocycles. The minimum absolute atomic E-state index is 0.182. The number of allylic oxidation sites excluding steroid dienone is 6. The van der Waals surface area contributed by atoms with Gasteiger partial charge in [-0.25, -0.2) is 13.6 Å². The lowest BCUT2D eigenvalue weighted by atomic mass is 9.80. The highest BCUT2D eigenvalue weighted by molar-refractivity contribution is 7.10. The lowest BCUT2D eigenvalue weighted by Gasteiger charge is -2.33. The number of aryl methyl sites for hydroxylation is 1. The fourth-order valence-electron chi connectivity index (χ4n) is 4.85. The van der Waals surface area contributed by atoms with Gasteiger partial charge in [-0.1, -0.05) is 19.1 Å². The van der Waals surface area contributed by atoms with E-state index in [1.165, 1.54) is 11.3 Å². The average Bonchev–Trinajstić information content (AvgIpc) is 3.44. The van der Waals surface area contributed by atoms with Gasteiger partial charge in [0.15, 0.2) is 5.83 Å². The van der Waals surface area contributed by atoms with Crippen LogP contribution in [0.3, 0.4) is 0 Å². The van der Waals surface area contributed by atoms with E-state index in [0.29, 0.717) is 6.42 Å². The quantitative estimate of drug-likeness (QED) is 0.699. The van der Waals surface area contributed by atoms with Gasteiger partial charge in [0.05, 0.1) is 6.04 Å². The number of hydrogen-bond acceptors (Lipinski definition) is 3. The number of carbonyl (C=O) groups excluding carboxylic acids is 1. The lowest BCUT2D eigenvalue weighted by molar-refractivity contribution is 0.219. The molecular formula is C23H23F2N3OS. The normalized spacial score (nSPS) is 30.6. The molecule has 2 amide bonds. The summed E-state index contributed by atoms with van der Waals surface area (Å²) in [6, 6.07) is 1.09. The second-order valence-corrected chi connectivity index (χ2v) is 9.39. The number of nitrogens with one attached hydrogen (secondary N) is 2. The second kappa shape index (κ2) is 7.23. The third kappa shape index (κ3) is 3.03. The summed E-state index contributed by atoms with van der Waals surface area (Å²) >= 11 is 1.54. The van der Waals surface area contributed by atoms with Crippen LogP contribution >= 0.6 is 11.3 Å². The van der Waals surface area contributed by atoms with Crippen LogP contribution in [0.15, 0.2) is 70.6 Å². The molecular weight excluding hydrogens is 404 g/mol. The molecule has 156 valence electrons. The van der Waals surface area contributed by atoms with Crippen LogP contribution in [-0.4, -0.2) is 23.5 Å². The van der Waals surface area contributed by atoms with E-state index in [2.05, 4.69) is 16.7 Å². The zero-order chi connectivity index (χ0) is 21.0. The van der Waals surface area contributed by atoms with Gasteiger partial charge in [0, 0.05) is 40.2 Å². The molecule has 5 rings (SSSR count). The molecule has 3 heterocycles. The molecule has 0 aromatic carbocycles. The van der Waals surface area contributed by atoms with Gasteiger partial charge in [-0.3, -0.25) is 4.90 Å². The Morgan fingerprint density at radius 1 is 1.27 bits per heavy atom. The smallest absolute Gasteiger partial charge is 0.322 e. The van der Waals surface area contributed by atoms with Crippen LogP contribution in [0.4, 0.5) is 13.6 Å². The summed E-state index contributed by atoms with van der Waals surface area (Å²) in [6.45, 7) is 4.12. The predicted octanol–water partition coefficient (Wildman–Crippen LogP) is 5.17. The number of urea groups is 1. The van der Waals surface area contributed by atoms with E-state index in [1.807, 2.05) is 43.6 Å². The highest BCUT2D eigenvalue weighted by atomic mass is 32.1. The summed E-state index contributed by atoms with van der Waals surface area (Å²) in [7, 11) is 0. The fourth-order valence-corrected chi connectivity index (χ4v) is 5.59. The Balaban J connectivity index is 1.47. The van der Waals surface area contributed by atoms with Crippen LogP contribution in [0.1, 0.15) is 29.7 Å². The second-order valence-electron chi connectivity index (χ2n) is 8.28. The molecule has 2 N–H and O–H groups in total. The third-order valence-electron chi connectivity index (χ3n) is 6.32. The van der Waals surface area contributed by atoms with E-state index in [1.54, 1.807) is 11.0 Å². The maximum Gasteiger partial charge on any atom is 0.322 e. The Labute approximate surface area is 178 Å². The number of rotatable bonds is 3. The van der Waals surface area contributed by atoms with E-state index >= 15 is 8.78 Å². The monoisotopic (exact) mass is 427 g/mol. The van der Waals surface area contributed by atoms with Crippen molar-refractivity contribution >= 4 is 17.4 Å². The molecule has 1 fully saturated rings. The van der Waals surface area contributed by atoms with Crippen LogP contribution in [0.25, 0.3) is 0 Å². The molecule has 7 heteroatoms. The minimum atomic E-state index is -0.830. The predicted molar refractivity (Wildman–Crippen MR) is 114 cm³/mol. The Hall–Kier alpha value is -2.67. The largest absolute Gasteiger partial charge is 0.365 e. The van der Waals surface area contributed by atoms with Crippen molar-refractivity contribution in [2.45, 2.75) is 32.2 Å². The molecule has 4 nitrogen and oxygen atoms in total. The number of thiophene rings is 1. The molecule has 30 heavy (non-hydrogen) atoms. The van der Waals surface area contributed by atoms with Crippen LogP contribution in [0.5, 0.6) is 0 Å². The first kappa shape index (κ1) is 19.3. The van der Waals surface area contributed by atoms with Crippen molar-refractivity contribution in [2.75, 3.05) is 6.54 Å². The van der Waals surface area contributed by atoms with Crippen LogP contribution in [-0.2, 0) is 0 Å². The van der Waals surface area contributed by atoms with Gasteiger partial charge in [0.1, 0.15) is 5.83 Å². The lowest BCUT2D eigenvalue weighted by Crippen LogP contribution is -2.37. The van der Waals surface area contributed by atoms with E-state index < -0.39 is 23.6 Å². The average molecular weight is 428 g/mol.